The topological polar surface area (TPSA) is 52.0 Å². The number of hydrogen-bond donors (Lipinski definition) is 1. The number of hydrogen-bond acceptors (Lipinski definition) is 4. The van der Waals surface area contributed by atoms with Crippen LogP contribution in [0.5, 0.6) is 5.75 Å². The lowest BCUT2D eigenvalue weighted by Gasteiger charge is -2.11. The largest absolute Gasteiger partial charge is 0.486 e. The molecule has 0 saturated heterocycles. The van der Waals surface area contributed by atoms with Gasteiger partial charge in [0, 0.05) is 13.1 Å². The summed E-state index contributed by atoms with van der Waals surface area (Å²) in [6.45, 7) is 2.38. The molecule has 0 amide bonds. The van der Waals surface area contributed by atoms with E-state index in [1.807, 2.05) is 31.7 Å². The molecule has 5 nitrogen and oxygen atoms in total. The van der Waals surface area contributed by atoms with E-state index >= 15 is 0 Å². The lowest BCUT2D eigenvalue weighted by atomic mass is 10.1. The highest BCUT2D eigenvalue weighted by Gasteiger charge is 2.21. The van der Waals surface area contributed by atoms with Crippen LogP contribution in [-0.4, -0.2) is 21.8 Å². The predicted octanol–water partition coefficient (Wildman–Crippen LogP) is 1.91. The molecule has 106 valence electrons. The van der Waals surface area contributed by atoms with Crippen LogP contribution in [-0.2, 0) is 20.1 Å². The summed E-state index contributed by atoms with van der Waals surface area (Å²) in [6.07, 6.45) is 2.28. The number of ether oxygens (including phenoxy) is 1. The molecule has 1 N–H and O–H groups in total. The van der Waals surface area contributed by atoms with Crippen molar-refractivity contribution >= 4 is 0 Å². The SMILES string of the molecule is CNC1CCc2cc(OCc3nnc(C)n3C)ccc21. The van der Waals surface area contributed by atoms with Crippen molar-refractivity contribution in [2.24, 2.45) is 7.05 Å². The number of nitrogens with zero attached hydrogens (tertiary/aromatic N) is 3. The highest BCUT2D eigenvalue weighted by Crippen LogP contribution is 2.33. The van der Waals surface area contributed by atoms with Gasteiger partial charge >= 0.3 is 0 Å². The van der Waals surface area contributed by atoms with Crippen LogP contribution in [0.3, 0.4) is 0 Å². The second-order valence-electron chi connectivity index (χ2n) is 5.25. The van der Waals surface area contributed by atoms with Crippen molar-refractivity contribution in [1.29, 1.82) is 0 Å². The maximum absolute atomic E-state index is 5.84. The Labute approximate surface area is 119 Å². The van der Waals surface area contributed by atoms with Gasteiger partial charge in [0.05, 0.1) is 0 Å². The third kappa shape index (κ3) is 2.29. The van der Waals surface area contributed by atoms with Crippen molar-refractivity contribution in [2.45, 2.75) is 32.4 Å². The predicted molar refractivity (Wildman–Crippen MR) is 76.6 cm³/mol. The summed E-state index contributed by atoms with van der Waals surface area (Å²) in [5, 5.41) is 11.5. The Hall–Kier alpha value is -1.88. The molecule has 1 aromatic carbocycles. The van der Waals surface area contributed by atoms with Crippen molar-refractivity contribution < 1.29 is 4.74 Å². The molecule has 1 atom stereocenters. The van der Waals surface area contributed by atoms with Crippen LogP contribution in [0.25, 0.3) is 0 Å². The van der Waals surface area contributed by atoms with Gasteiger partial charge in [0.2, 0.25) is 0 Å². The van der Waals surface area contributed by atoms with Gasteiger partial charge in [-0.2, -0.15) is 0 Å². The second kappa shape index (κ2) is 5.25. The van der Waals surface area contributed by atoms with Crippen molar-refractivity contribution in [3.8, 4) is 5.75 Å². The molecule has 1 aromatic heterocycles. The first-order valence-corrected chi connectivity index (χ1v) is 6.97. The summed E-state index contributed by atoms with van der Waals surface area (Å²) in [5.74, 6) is 2.65. The molecule has 1 unspecified atom stereocenters. The van der Waals surface area contributed by atoms with E-state index in [-0.39, 0.29) is 0 Å². The lowest BCUT2D eigenvalue weighted by Crippen LogP contribution is -2.12. The van der Waals surface area contributed by atoms with E-state index in [0.717, 1.165) is 30.2 Å². The maximum Gasteiger partial charge on any atom is 0.170 e. The molecule has 1 heterocycles. The Morgan fingerprint density at radius 2 is 2.25 bits per heavy atom. The Morgan fingerprint density at radius 3 is 2.95 bits per heavy atom. The zero-order chi connectivity index (χ0) is 14.1. The fourth-order valence-electron chi connectivity index (χ4n) is 2.71. The molecule has 1 aliphatic carbocycles. The molecule has 0 bridgehead atoms. The average molecular weight is 272 g/mol. The van der Waals surface area contributed by atoms with Crippen molar-refractivity contribution in [2.75, 3.05) is 7.05 Å². The monoisotopic (exact) mass is 272 g/mol. The van der Waals surface area contributed by atoms with Gasteiger partial charge in [-0.15, -0.1) is 10.2 Å². The number of fused-ring (bicyclic) bond motifs is 1. The second-order valence-corrected chi connectivity index (χ2v) is 5.25. The zero-order valence-corrected chi connectivity index (χ0v) is 12.2. The van der Waals surface area contributed by atoms with Gasteiger partial charge in [-0.05, 0) is 50.1 Å². The zero-order valence-electron chi connectivity index (χ0n) is 12.2. The third-order valence-electron chi connectivity index (χ3n) is 4.09. The van der Waals surface area contributed by atoms with E-state index in [9.17, 15) is 0 Å². The van der Waals surface area contributed by atoms with Gasteiger partial charge in [0.15, 0.2) is 5.82 Å². The van der Waals surface area contributed by atoms with Gasteiger partial charge < -0.3 is 14.6 Å². The minimum Gasteiger partial charge on any atom is -0.486 e. The van der Waals surface area contributed by atoms with Crippen molar-refractivity contribution in [3.05, 3.63) is 41.0 Å². The van der Waals surface area contributed by atoms with Gasteiger partial charge in [-0.3, -0.25) is 0 Å². The number of aromatic nitrogens is 3. The lowest BCUT2D eigenvalue weighted by molar-refractivity contribution is 0.290. The fraction of sp³-hybridized carbons (Fsp3) is 0.467. The number of aryl methyl sites for hydroxylation is 2. The van der Waals surface area contributed by atoms with E-state index < -0.39 is 0 Å². The minimum absolute atomic E-state index is 0.450. The Kier molecular flexibility index (Phi) is 3.44. The minimum atomic E-state index is 0.450. The van der Waals surface area contributed by atoms with Crippen LogP contribution in [0.4, 0.5) is 0 Å². The summed E-state index contributed by atoms with van der Waals surface area (Å²) in [5.41, 5.74) is 2.78. The highest BCUT2D eigenvalue weighted by molar-refractivity contribution is 5.40. The number of rotatable bonds is 4. The first-order valence-electron chi connectivity index (χ1n) is 6.97. The molecule has 0 fully saturated rings. The Balaban J connectivity index is 1.72. The van der Waals surface area contributed by atoms with Gasteiger partial charge in [-0.1, -0.05) is 6.07 Å². The molecule has 3 rings (SSSR count). The summed E-state index contributed by atoms with van der Waals surface area (Å²) in [6, 6.07) is 6.84. The molecular formula is C15H20N4O. The molecule has 1 aliphatic rings. The Morgan fingerprint density at radius 1 is 1.40 bits per heavy atom. The van der Waals surface area contributed by atoms with Crippen LogP contribution in [0.1, 0.15) is 35.2 Å². The van der Waals surface area contributed by atoms with Gasteiger partial charge in [0.25, 0.3) is 0 Å². The summed E-state index contributed by atoms with van der Waals surface area (Å²) in [4.78, 5) is 0. The molecular weight excluding hydrogens is 252 g/mol. The van der Waals surface area contributed by atoms with E-state index in [0.29, 0.717) is 12.6 Å². The van der Waals surface area contributed by atoms with Gasteiger partial charge in [-0.25, -0.2) is 0 Å². The Bertz CT molecular complexity index is 620. The molecule has 0 spiro atoms. The van der Waals surface area contributed by atoms with E-state index in [1.165, 1.54) is 11.1 Å². The standard InChI is InChI=1S/C15H20N4O/c1-10-17-18-15(19(10)3)9-20-12-5-6-13-11(8-12)4-7-14(13)16-2/h5-6,8,14,16H,4,7,9H2,1-3H3. The average Bonchev–Trinajstić information content (AvgIpc) is 3.01. The summed E-state index contributed by atoms with van der Waals surface area (Å²) < 4.78 is 7.79. The molecule has 0 radical (unpaired) electrons. The number of nitrogens with one attached hydrogen (secondary N) is 1. The molecule has 20 heavy (non-hydrogen) atoms. The van der Waals surface area contributed by atoms with Crippen molar-refractivity contribution in [1.82, 2.24) is 20.1 Å². The first-order chi connectivity index (χ1) is 9.69. The van der Waals surface area contributed by atoms with E-state index in [4.69, 9.17) is 4.74 Å². The van der Waals surface area contributed by atoms with E-state index in [1.54, 1.807) is 0 Å². The van der Waals surface area contributed by atoms with Gasteiger partial charge in [0.1, 0.15) is 18.2 Å². The maximum atomic E-state index is 5.84. The molecule has 5 heteroatoms. The summed E-state index contributed by atoms with van der Waals surface area (Å²) in [7, 11) is 3.97. The molecule has 0 saturated carbocycles. The molecule has 2 aromatic rings. The normalized spacial score (nSPS) is 17.2. The van der Waals surface area contributed by atoms with Crippen LogP contribution in [0.15, 0.2) is 18.2 Å². The third-order valence-corrected chi connectivity index (χ3v) is 4.09. The van der Waals surface area contributed by atoms with Crippen LogP contribution < -0.4 is 10.1 Å². The number of benzene rings is 1. The van der Waals surface area contributed by atoms with Crippen LogP contribution in [0, 0.1) is 6.92 Å². The quantitative estimate of drug-likeness (QED) is 0.923. The van der Waals surface area contributed by atoms with Crippen LogP contribution >= 0.6 is 0 Å². The van der Waals surface area contributed by atoms with E-state index in [2.05, 4.69) is 27.6 Å². The highest BCUT2D eigenvalue weighted by atomic mass is 16.5. The summed E-state index contributed by atoms with van der Waals surface area (Å²) >= 11 is 0. The van der Waals surface area contributed by atoms with Crippen LogP contribution in [0.2, 0.25) is 0 Å². The first kappa shape index (κ1) is 13.1. The fourth-order valence-corrected chi connectivity index (χ4v) is 2.71. The smallest absolute Gasteiger partial charge is 0.170 e. The molecule has 0 aliphatic heterocycles. The van der Waals surface area contributed by atoms with Crippen molar-refractivity contribution in [3.63, 3.8) is 0 Å².